The summed E-state index contributed by atoms with van der Waals surface area (Å²) in [4.78, 5) is 19.7. The molecule has 0 saturated carbocycles. The van der Waals surface area contributed by atoms with Crippen molar-refractivity contribution in [3.8, 4) is 17.6 Å². The SMILES string of the molecule is COc1cc2ncnc(Nc3ccc(CC(N)=O)c(C#N)c3)c2cc1OC. The van der Waals surface area contributed by atoms with Crippen molar-refractivity contribution >= 4 is 28.3 Å². The van der Waals surface area contributed by atoms with E-state index < -0.39 is 5.91 Å². The van der Waals surface area contributed by atoms with Crippen molar-refractivity contribution in [3.63, 3.8) is 0 Å². The maximum Gasteiger partial charge on any atom is 0.221 e. The van der Waals surface area contributed by atoms with E-state index in [0.29, 0.717) is 39.6 Å². The van der Waals surface area contributed by atoms with Gasteiger partial charge in [0.05, 0.1) is 37.8 Å². The van der Waals surface area contributed by atoms with Gasteiger partial charge in [0.2, 0.25) is 5.91 Å². The molecule has 0 aliphatic carbocycles. The zero-order valence-electron chi connectivity index (χ0n) is 14.8. The maximum absolute atomic E-state index is 11.1. The zero-order valence-corrected chi connectivity index (χ0v) is 14.8. The number of ether oxygens (including phenoxy) is 2. The number of anilines is 2. The minimum Gasteiger partial charge on any atom is -0.493 e. The predicted molar refractivity (Wildman–Crippen MR) is 100.0 cm³/mol. The second-order valence-electron chi connectivity index (χ2n) is 5.70. The van der Waals surface area contributed by atoms with E-state index in [4.69, 9.17) is 15.2 Å². The number of benzene rings is 2. The van der Waals surface area contributed by atoms with Gasteiger partial charge in [-0.05, 0) is 23.8 Å². The minimum absolute atomic E-state index is 0.0105. The highest BCUT2D eigenvalue weighted by atomic mass is 16.5. The molecule has 0 bridgehead atoms. The van der Waals surface area contributed by atoms with Gasteiger partial charge in [0.25, 0.3) is 0 Å². The number of aromatic nitrogens is 2. The van der Waals surface area contributed by atoms with Crippen LogP contribution in [0.1, 0.15) is 11.1 Å². The Bertz CT molecular complexity index is 1060. The van der Waals surface area contributed by atoms with Crippen molar-refractivity contribution in [2.45, 2.75) is 6.42 Å². The molecule has 0 aliphatic heterocycles. The van der Waals surface area contributed by atoms with Crippen LogP contribution in [0.5, 0.6) is 11.5 Å². The Hall–Kier alpha value is -3.86. The molecule has 3 aromatic rings. The molecule has 8 nitrogen and oxygen atoms in total. The van der Waals surface area contributed by atoms with Gasteiger partial charge >= 0.3 is 0 Å². The number of hydrogen-bond donors (Lipinski definition) is 2. The van der Waals surface area contributed by atoms with Gasteiger partial charge in [0, 0.05) is 17.1 Å². The monoisotopic (exact) mass is 363 g/mol. The summed E-state index contributed by atoms with van der Waals surface area (Å²) >= 11 is 0. The molecule has 0 saturated heterocycles. The van der Waals surface area contributed by atoms with Crippen LogP contribution >= 0.6 is 0 Å². The highest BCUT2D eigenvalue weighted by molar-refractivity contribution is 5.93. The number of hydrogen-bond acceptors (Lipinski definition) is 7. The van der Waals surface area contributed by atoms with Crippen LogP contribution in [0.4, 0.5) is 11.5 Å². The van der Waals surface area contributed by atoms with E-state index in [1.54, 1.807) is 44.6 Å². The lowest BCUT2D eigenvalue weighted by Crippen LogP contribution is -2.14. The van der Waals surface area contributed by atoms with Crippen molar-refractivity contribution < 1.29 is 14.3 Å². The minimum atomic E-state index is -0.491. The number of amides is 1. The summed E-state index contributed by atoms with van der Waals surface area (Å²) in [6, 6.07) is 10.7. The summed E-state index contributed by atoms with van der Waals surface area (Å²) in [6.07, 6.45) is 1.44. The first-order valence-electron chi connectivity index (χ1n) is 8.00. The van der Waals surface area contributed by atoms with Crippen LogP contribution in [0.15, 0.2) is 36.7 Å². The van der Waals surface area contributed by atoms with E-state index in [-0.39, 0.29) is 6.42 Å². The largest absolute Gasteiger partial charge is 0.493 e. The van der Waals surface area contributed by atoms with Gasteiger partial charge < -0.3 is 20.5 Å². The molecule has 0 spiro atoms. The first-order valence-corrected chi connectivity index (χ1v) is 8.00. The van der Waals surface area contributed by atoms with E-state index in [1.807, 2.05) is 0 Å². The van der Waals surface area contributed by atoms with Crippen molar-refractivity contribution in [3.05, 3.63) is 47.8 Å². The van der Waals surface area contributed by atoms with E-state index in [2.05, 4.69) is 21.4 Å². The fourth-order valence-electron chi connectivity index (χ4n) is 2.72. The van der Waals surface area contributed by atoms with Gasteiger partial charge in [-0.2, -0.15) is 5.26 Å². The highest BCUT2D eigenvalue weighted by Gasteiger charge is 2.12. The van der Waals surface area contributed by atoms with Gasteiger partial charge in [-0.3, -0.25) is 4.79 Å². The second kappa shape index (κ2) is 7.58. The van der Waals surface area contributed by atoms with Crippen LogP contribution in [0, 0.1) is 11.3 Å². The predicted octanol–water partition coefficient (Wildman–Crippen LogP) is 2.29. The molecule has 0 aliphatic rings. The molecule has 27 heavy (non-hydrogen) atoms. The van der Waals surface area contributed by atoms with E-state index >= 15 is 0 Å². The molecule has 0 radical (unpaired) electrons. The average Bonchev–Trinajstić information content (AvgIpc) is 2.67. The summed E-state index contributed by atoms with van der Waals surface area (Å²) in [5, 5.41) is 13.2. The third-order valence-electron chi connectivity index (χ3n) is 4.00. The number of nitrogens with two attached hydrogens (primary N) is 1. The highest BCUT2D eigenvalue weighted by Crippen LogP contribution is 2.34. The lowest BCUT2D eigenvalue weighted by atomic mass is 10.0. The van der Waals surface area contributed by atoms with Crippen molar-refractivity contribution in [2.75, 3.05) is 19.5 Å². The van der Waals surface area contributed by atoms with Gasteiger partial charge in [0.1, 0.15) is 12.1 Å². The second-order valence-corrected chi connectivity index (χ2v) is 5.70. The maximum atomic E-state index is 11.1. The third-order valence-corrected chi connectivity index (χ3v) is 4.00. The Morgan fingerprint density at radius 1 is 1.19 bits per heavy atom. The molecule has 1 amide bonds. The summed E-state index contributed by atoms with van der Waals surface area (Å²) in [6.45, 7) is 0. The molecule has 0 unspecified atom stereocenters. The van der Waals surface area contributed by atoms with Crippen molar-refractivity contribution in [1.82, 2.24) is 9.97 Å². The number of nitriles is 1. The fraction of sp³-hybridized carbons (Fsp3) is 0.158. The lowest BCUT2D eigenvalue weighted by molar-refractivity contribution is -0.117. The molecule has 3 rings (SSSR count). The molecular weight excluding hydrogens is 346 g/mol. The Morgan fingerprint density at radius 3 is 2.59 bits per heavy atom. The van der Waals surface area contributed by atoms with Crippen LogP contribution in [0.2, 0.25) is 0 Å². The topological polar surface area (TPSA) is 123 Å². The van der Waals surface area contributed by atoms with Crippen molar-refractivity contribution in [1.29, 1.82) is 5.26 Å². The van der Waals surface area contributed by atoms with Crippen LogP contribution in [0.3, 0.4) is 0 Å². The zero-order chi connectivity index (χ0) is 19.4. The summed E-state index contributed by atoms with van der Waals surface area (Å²) in [5.41, 5.74) is 7.49. The number of fused-ring (bicyclic) bond motifs is 1. The Morgan fingerprint density at radius 2 is 1.93 bits per heavy atom. The first kappa shape index (κ1) is 17.9. The smallest absolute Gasteiger partial charge is 0.221 e. The Kier molecular flexibility index (Phi) is 5.04. The van der Waals surface area contributed by atoms with Crippen LogP contribution in [-0.2, 0) is 11.2 Å². The number of rotatable bonds is 6. The lowest BCUT2D eigenvalue weighted by Gasteiger charge is -2.12. The van der Waals surface area contributed by atoms with Crippen LogP contribution in [0.25, 0.3) is 10.9 Å². The third kappa shape index (κ3) is 3.72. The van der Waals surface area contributed by atoms with Crippen LogP contribution < -0.4 is 20.5 Å². The number of nitrogens with one attached hydrogen (secondary N) is 1. The number of nitrogens with zero attached hydrogens (tertiary/aromatic N) is 3. The molecule has 3 N–H and O–H groups in total. The number of methoxy groups -OCH3 is 2. The Balaban J connectivity index is 2.02. The van der Waals surface area contributed by atoms with Crippen LogP contribution in [-0.4, -0.2) is 30.1 Å². The molecule has 8 heteroatoms. The molecule has 0 atom stereocenters. The summed E-state index contributed by atoms with van der Waals surface area (Å²) in [7, 11) is 3.11. The summed E-state index contributed by atoms with van der Waals surface area (Å²) in [5.74, 6) is 1.18. The molecule has 1 aromatic heterocycles. The van der Waals surface area contributed by atoms with E-state index in [1.165, 1.54) is 6.33 Å². The average molecular weight is 363 g/mol. The Labute approximate surface area is 155 Å². The molecule has 1 heterocycles. The molecule has 0 fully saturated rings. The van der Waals surface area contributed by atoms with Crippen molar-refractivity contribution in [2.24, 2.45) is 5.73 Å². The number of primary amides is 1. The van der Waals surface area contributed by atoms with Gasteiger partial charge in [-0.1, -0.05) is 6.07 Å². The van der Waals surface area contributed by atoms with E-state index in [9.17, 15) is 10.1 Å². The van der Waals surface area contributed by atoms with E-state index in [0.717, 1.165) is 5.39 Å². The van der Waals surface area contributed by atoms with Gasteiger partial charge in [-0.15, -0.1) is 0 Å². The normalized spacial score (nSPS) is 10.3. The molecular formula is C19H17N5O3. The first-order chi connectivity index (χ1) is 13.0. The summed E-state index contributed by atoms with van der Waals surface area (Å²) < 4.78 is 10.6. The number of carbonyl (C=O) groups is 1. The number of carbonyl (C=O) groups excluding carboxylic acids is 1. The standard InChI is InChI=1S/C19H17N5O3/c1-26-16-7-14-15(8-17(16)27-2)22-10-23-19(14)24-13-4-3-11(6-18(21)25)12(5-13)9-20/h3-5,7-8,10H,6H2,1-2H3,(H2,21,25)(H,22,23,24). The molecule has 2 aromatic carbocycles. The fourth-order valence-corrected chi connectivity index (χ4v) is 2.72. The van der Waals surface area contributed by atoms with Gasteiger partial charge in [-0.25, -0.2) is 9.97 Å². The quantitative estimate of drug-likeness (QED) is 0.688. The van der Waals surface area contributed by atoms with Gasteiger partial charge in [0.15, 0.2) is 11.5 Å². The molecule has 136 valence electrons.